The van der Waals surface area contributed by atoms with Crippen molar-refractivity contribution in [3.8, 4) is 11.1 Å². The summed E-state index contributed by atoms with van der Waals surface area (Å²) in [6.07, 6.45) is 1.67. The third kappa shape index (κ3) is 3.94. The molecule has 2 aromatic heterocycles. The zero-order valence-electron chi connectivity index (χ0n) is 16.2. The molecule has 0 radical (unpaired) electrons. The molecule has 30 heavy (non-hydrogen) atoms. The van der Waals surface area contributed by atoms with E-state index in [1.165, 1.54) is 10.6 Å². The molecule has 0 saturated carbocycles. The summed E-state index contributed by atoms with van der Waals surface area (Å²) in [6, 6.07) is 10.3. The van der Waals surface area contributed by atoms with E-state index in [4.69, 9.17) is 11.3 Å². The zero-order chi connectivity index (χ0) is 21.1. The minimum absolute atomic E-state index is 0.271. The number of nitrogens with zero attached hydrogens (tertiary/aromatic N) is 4. The third-order valence-corrected chi connectivity index (χ3v) is 5.23. The van der Waals surface area contributed by atoms with E-state index in [1.807, 2.05) is 18.2 Å². The van der Waals surface area contributed by atoms with Crippen LogP contribution in [-0.2, 0) is 11.3 Å². The fourth-order valence-electron chi connectivity index (χ4n) is 3.58. The van der Waals surface area contributed by atoms with Gasteiger partial charge < -0.3 is 9.84 Å². The molecule has 1 aliphatic rings. The van der Waals surface area contributed by atoms with Crippen molar-refractivity contribution in [3.05, 3.63) is 69.9 Å². The van der Waals surface area contributed by atoms with Gasteiger partial charge in [-0.05, 0) is 17.7 Å². The first-order chi connectivity index (χ1) is 14.6. The molecule has 4 rings (SSSR count). The van der Waals surface area contributed by atoms with Gasteiger partial charge in [0.25, 0.3) is 5.56 Å². The SMILES string of the molecule is [C-]#[N+]c1ccc(-c2cnc3c(c2)cc(C(=O)O)c(=O)n3CCN2CCOCC2)cc1. The molecule has 1 saturated heterocycles. The molecule has 0 aliphatic carbocycles. The number of hydrogen-bond donors (Lipinski definition) is 1. The Hall–Kier alpha value is -3.54. The van der Waals surface area contributed by atoms with E-state index in [0.717, 1.165) is 24.2 Å². The molecule has 0 atom stereocenters. The summed E-state index contributed by atoms with van der Waals surface area (Å²) in [6.45, 7) is 10.9. The number of ether oxygens (including phenoxy) is 1. The molecule has 0 unspecified atom stereocenters. The van der Waals surface area contributed by atoms with Crippen LogP contribution in [0.1, 0.15) is 10.4 Å². The molecule has 1 N–H and O–H groups in total. The van der Waals surface area contributed by atoms with Crippen molar-refractivity contribution >= 4 is 22.7 Å². The maximum atomic E-state index is 12.8. The van der Waals surface area contributed by atoms with Gasteiger partial charge in [0, 0.05) is 43.3 Å². The summed E-state index contributed by atoms with van der Waals surface area (Å²) >= 11 is 0. The second-order valence-corrected chi connectivity index (χ2v) is 7.07. The lowest BCUT2D eigenvalue weighted by atomic mass is 10.1. The molecule has 1 aliphatic heterocycles. The number of benzene rings is 1. The number of carboxylic acid groups (broad SMARTS) is 1. The fourth-order valence-corrected chi connectivity index (χ4v) is 3.58. The van der Waals surface area contributed by atoms with Crippen molar-refractivity contribution in [2.24, 2.45) is 0 Å². The Balaban J connectivity index is 1.75. The fraction of sp³-hybridized carbons (Fsp3) is 0.273. The Labute approximate surface area is 172 Å². The maximum absolute atomic E-state index is 12.8. The van der Waals surface area contributed by atoms with E-state index >= 15 is 0 Å². The Kier molecular flexibility index (Phi) is 5.57. The largest absolute Gasteiger partial charge is 0.477 e. The third-order valence-electron chi connectivity index (χ3n) is 5.23. The summed E-state index contributed by atoms with van der Waals surface area (Å²) in [5.41, 5.74) is 1.82. The number of rotatable bonds is 5. The smallest absolute Gasteiger partial charge is 0.341 e. The van der Waals surface area contributed by atoms with Crippen molar-refractivity contribution in [1.29, 1.82) is 0 Å². The van der Waals surface area contributed by atoms with E-state index < -0.39 is 11.5 Å². The van der Waals surface area contributed by atoms with Gasteiger partial charge in [-0.15, -0.1) is 0 Å². The van der Waals surface area contributed by atoms with E-state index in [-0.39, 0.29) is 5.56 Å². The highest BCUT2D eigenvalue weighted by Crippen LogP contribution is 2.25. The molecular formula is C22H20N4O4. The summed E-state index contributed by atoms with van der Waals surface area (Å²) in [5.74, 6) is -1.26. The van der Waals surface area contributed by atoms with Gasteiger partial charge >= 0.3 is 5.97 Å². The Bertz CT molecular complexity index is 1190. The number of hydrogen-bond acceptors (Lipinski definition) is 5. The Morgan fingerprint density at radius 2 is 1.87 bits per heavy atom. The lowest BCUT2D eigenvalue weighted by Crippen LogP contribution is -2.39. The van der Waals surface area contributed by atoms with Crippen molar-refractivity contribution < 1.29 is 14.6 Å². The minimum Gasteiger partial charge on any atom is -0.477 e. The van der Waals surface area contributed by atoms with Gasteiger partial charge in [0.2, 0.25) is 0 Å². The first kappa shape index (κ1) is 19.8. The lowest BCUT2D eigenvalue weighted by molar-refractivity contribution is 0.0364. The van der Waals surface area contributed by atoms with Crippen LogP contribution in [0.5, 0.6) is 0 Å². The second kappa shape index (κ2) is 8.45. The molecule has 3 heterocycles. The molecule has 152 valence electrons. The first-order valence-corrected chi connectivity index (χ1v) is 9.62. The molecule has 0 spiro atoms. The van der Waals surface area contributed by atoms with Crippen LogP contribution in [0.2, 0.25) is 0 Å². The topological polar surface area (TPSA) is 89.0 Å². The number of fused-ring (bicyclic) bond motifs is 1. The molecule has 1 aromatic carbocycles. The number of carboxylic acids is 1. The van der Waals surface area contributed by atoms with Crippen molar-refractivity contribution in [3.63, 3.8) is 0 Å². The number of aromatic nitrogens is 2. The van der Waals surface area contributed by atoms with Crippen LogP contribution in [0.25, 0.3) is 27.0 Å². The summed E-state index contributed by atoms with van der Waals surface area (Å²) in [5, 5.41) is 10.1. The number of carbonyl (C=O) groups is 1. The molecule has 0 amide bonds. The zero-order valence-corrected chi connectivity index (χ0v) is 16.2. The minimum atomic E-state index is -1.26. The highest BCUT2D eigenvalue weighted by atomic mass is 16.5. The van der Waals surface area contributed by atoms with Crippen LogP contribution < -0.4 is 5.56 Å². The highest BCUT2D eigenvalue weighted by Gasteiger charge is 2.18. The standard InChI is InChI=1S/C22H20N4O4/c1-23-18-4-2-15(3-5-18)17-12-16-13-19(22(28)29)21(27)26(20(16)24-14-17)7-6-25-8-10-30-11-9-25/h2-5,12-14H,6-11H2,(H,28,29). The summed E-state index contributed by atoms with van der Waals surface area (Å²) in [7, 11) is 0. The summed E-state index contributed by atoms with van der Waals surface area (Å²) < 4.78 is 6.79. The van der Waals surface area contributed by atoms with Crippen LogP contribution in [0.4, 0.5) is 5.69 Å². The van der Waals surface area contributed by atoms with Crippen molar-refractivity contribution in [1.82, 2.24) is 14.5 Å². The van der Waals surface area contributed by atoms with Crippen molar-refractivity contribution in [2.75, 3.05) is 32.8 Å². The number of morpholine rings is 1. The van der Waals surface area contributed by atoms with Gasteiger partial charge in [0.05, 0.1) is 19.8 Å². The van der Waals surface area contributed by atoms with Crippen LogP contribution >= 0.6 is 0 Å². The number of pyridine rings is 2. The Morgan fingerprint density at radius 1 is 1.13 bits per heavy atom. The van der Waals surface area contributed by atoms with Gasteiger partial charge in [-0.1, -0.05) is 24.3 Å². The van der Waals surface area contributed by atoms with Crippen LogP contribution in [0, 0.1) is 6.57 Å². The molecule has 3 aromatic rings. The molecule has 1 fully saturated rings. The second-order valence-electron chi connectivity index (χ2n) is 7.07. The Morgan fingerprint density at radius 3 is 2.53 bits per heavy atom. The predicted molar refractivity (Wildman–Crippen MR) is 112 cm³/mol. The maximum Gasteiger partial charge on any atom is 0.341 e. The van der Waals surface area contributed by atoms with E-state index in [2.05, 4.69) is 14.7 Å². The average Bonchev–Trinajstić information content (AvgIpc) is 2.78. The molecule has 8 heteroatoms. The van der Waals surface area contributed by atoms with Gasteiger partial charge in [-0.2, -0.15) is 0 Å². The highest BCUT2D eigenvalue weighted by molar-refractivity contribution is 5.92. The molecule has 8 nitrogen and oxygen atoms in total. The van der Waals surface area contributed by atoms with Crippen LogP contribution in [0.3, 0.4) is 0 Å². The van der Waals surface area contributed by atoms with Gasteiger partial charge in [-0.3, -0.25) is 14.3 Å². The van der Waals surface area contributed by atoms with Gasteiger partial charge in [-0.25, -0.2) is 14.6 Å². The van der Waals surface area contributed by atoms with E-state index in [1.54, 1.807) is 18.3 Å². The first-order valence-electron chi connectivity index (χ1n) is 9.62. The monoisotopic (exact) mass is 404 g/mol. The molecular weight excluding hydrogens is 384 g/mol. The van der Waals surface area contributed by atoms with Gasteiger partial charge in [0.1, 0.15) is 11.2 Å². The lowest BCUT2D eigenvalue weighted by Gasteiger charge is -2.26. The quantitative estimate of drug-likeness (QED) is 0.658. The predicted octanol–water partition coefficient (Wildman–Crippen LogP) is 2.64. The van der Waals surface area contributed by atoms with E-state index in [9.17, 15) is 14.7 Å². The average molecular weight is 404 g/mol. The van der Waals surface area contributed by atoms with Crippen LogP contribution in [-0.4, -0.2) is 58.4 Å². The van der Waals surface area contributed by atoms with Gasteiger partial charge in [0.15, 0.2) is 5.69 Å². The number of aromatic carboxylic acids is 1. The summed E-state index contributed by atoms with van der Waals surface area (Å²) in [4.78, 5) is 34.5. The van der Waals surface area contributed by atoms with E-state index in [0.29, 0.717) is 43.0 Å². The van der Waals surface area contributed by atoms with Crippen LogP contribution in [0.15, 0.2) is 47.4 Å². The molecule has 0 bridgehead atoms. The van der Waals surface area contributed by atoms with Crippen molar-refractivity contribution in [2.45, 2.75) is 6.54 Å². The normalized spacial score (nSPS) is 14.5.